The van der Waals surface area contributed by atoms with E-state index in [2.05, 4.69) is 25.0 Å². The van der Waals surface area contributed by atoms with Crippen LogP contribution in [0.25, 0.3) is 0 Å². The van der Waals surface area contributed by atoms with Crippen LogP contribution in [-0.4, -0.2) is 27.3 Å². The van der Waals surface area contributed by atoms with E-state index < -0.39 is 0 Å². The monoisotopic (exact) mass is 249 g/mol. The van der Waals surface area contributed by atoms with Gasteiger partial charge in [0.15, 0.2) is 0 Å². The highest BCUT2D eigenvalue weighted by Crippen LogP contribution is 2.15. The van der Waals surface area contributed by atoms with E-state index in [0.717, 1.165) is 11.5 Å². The summed E-state index contributed by atoms with van der Waals surface area (Å²) >= 11 is 1.15. The summed E-state index contributed by atoms with van der Waals surface area (Å²) in [5, 5.41) is 6.03. The Morgan fingerprint density at radius 3 is 2.94 bits per heavy atom. The largest absolute Gasteiger partial charge is 0.372 e. The summed E-state index contributed by atoms with van der Waals surface area (Å²) in [4.78, 5) is 20.1. The van der Waals surface area contributed by atoms with Crippen molar-refractivity contribution in [3.63, 3.8) is 0 Å². The molecule has 2 N–H and O–H groups in total. The van der Waals surface area contributed by atoms with Crippen LogP contribution < -0.4 is 10.6 Å². The highest BCUT2D eigenvalue weighted by Gasteiger charge is 2.13. The summed E-state index contributed by atoms with van der Waals surface area (Å²) in [6, 6.07) is 3.41. The minimum Gasteiger partial charge on any atom is -0.372 e. The summed E-state index contributed by atoms with van der Waals surface area (Å²) < 4.78 is 3.99. The number of carbonyl (C=O) groups excluding carboxylic acids is 1. The Morgan fingerprint density at radius 1 is 1.47 bits per heavy atom. The second-order valence-electron chi connectivity index (χ2n) is 3.25. The molecular weight excluding hydrogens is 238 g/mol. The van der Waals surface area contributed by atoms with Crippen LogP contribution in [0.15, 0.2) is 18.3 Å². The molecule has 0 bridgehead atoms. The Bertz CT molecular complexity index is 539. The van der Waals surface area contributed by atoms with Gasteiger partial charge in [-0.2, -0.15) is 4.37 Å². The molecule has 0 saturated carbocycles. The van der Waals surface area contributed by atoms with Gasteiger partial charge in [-0.3, -0.25) is 10.1 Å². The third kappa shape index (κ3) is 2.56. The van der Waals surface area contributed by atoms with Crippen molar-refractivity contribution < 1.29 is 4.79 Å². The number of amides is 1. The molecule has 0 aliphatic carbocycles. The summed E-state index contributed by atoms with van der Waals surface area (Å²) in [6.07, 6.45) is 1.62. The van der Waals surface area contributed by atoms with Crippen molar-refractivity contribution in [2.24, 2.45) is 0 Å². The Hall–Kier alpha value is -2.02. The zero-order valence-electron chi connectivity index (χ0n) is 9.39. The number of nitrogens with one attached hydrogen (secondary N) is 2. The van der Waals surface area contributed by atoms with Gasteiger partial charge in [-0.15, -0.1) is 0 Å². The van der Waals surface area contributed by atoms with Crippen molar-refractivity contribution in [1.82, 2.24) is 14.3 Å². The number of aromatic nitrogens is 3. The molecule has 6 nitrogen and oxygen atoms in total. The smallest absolute Gasteiger partial charge is 0.261 e. The minimum absolute atomic E-state index is 0.251. The van der Waals surface area contributed by atoms with Crippen LogP contribution in [0.5, 0.6) is 0 Å². The van der Waals surface area contributed by atoms with Crippen LogP contribution in [-0.2, 0) is 0 Å². The van der Waals surface area contributed by atoms with Crippen LogP contribution in [0.3, 0.4) is 0 Å². The maximum Gasteiger partial charge on any atom is 0.261 e. The lowest BCUT2D eigenvalue weighted by atomic mass is 10.2. The highest BCUT2D eigenvalue weighted by atomic mass is 32.1. The van der Waals surface area contributed by atoms with E-state index in [0.29, 0.717) is 22.3 Å². The molecule has 0 aliphatic heterocycles. The van der Waals surface area contributed by atoms with Crippen LogP contribution in [0, 0.1) is 6.92 Å². The van der Waals surface area contributed by atoms with Crippen LogP contribution in [0.2, 0.25) is 0 Å². The van der Waals surface area contributed by atoms with E-state index in [1.54, 1.807) is 32.3 Å². The first-order valence-corrected chi connectivity index (χ1v) is 5.72. The normalized spacial score (nSPS) is 10.0. The van der Waals surface area contributed by atoms with E-state index in [4.69, 9.17) is 0 Å². The molecule has 0 saturated heterocycles. The number of rotatable bonds is 3. The quantitative estimate of drug-likeness (QED) is 0.862. The summed E-state index contributed by atoms with van der Waals surface area (Å²) in [5.41, 5.74) is 0.475. The first kappa shape index (κ1) is 11.5. The van der Waals surface area contributed by atoms with Gasteiger partial charge in [0.1, 0.15) is 11.6 Å². The molecule has 1 amide bonds. The van der Waals surface area contributed by atoms with Crippen molar-refractivity contribution >= 4 is 28.4 Å². The first-order chi connectivity index (χ1) is 8.20. The second kappa shape index (κ2) is 4.88. The Labute approximate surface area is 102 Å². The zero-order valence-corrected chi connectivity index (χ0v) is 10.2. The van der Waals surface area contributed by atoms with Gasteiger partial charge in [-0.25, -0.2) is 9.97 Å². The van der Waals surface area contributed by atoms with Crippen LogP contribution >= 0.6 is 11.5 Å². The van der Waals surface area contributed by atoms with Gasteiger partial charge in [0, 0.05) is 24.8 Å². The maximum atomic E-state index is 12.0. The molecule has 0 aromatic carbocycles. The predicted molar refractivity (Wildman–Crippen MR) is 66.4 cm³/mol. The Morgan fingerprint density at radius 2 is 2.29 bits per heavy atom. The van der Waals surface area contributed by atoms with Gasteiger partial charge in [0.25, 0.3) is 5.91 Å². The number of anilines is 2. The van der Waals surface area contributed by atoms with Crippen LogP contribution in [0.1, 0.15) is 16.2 Å². The minimum atomic E-state index is -0.251. The van der Waals surface area contributed by atoms with E-state index >= 15 is 0 Å². The fraction of sp³-hybridized carbons (Fsp3) is 0.200. The molecule has 2 heterocycles. The maximum absolute atomic E-state index is 12.0. The molecule has 7 heteroatoms. The standard InChI is InChI=1S/C10H11N5OS/c1-6-13-10(17-15-6)14-9(16)7-4-3-5-12-8(7)11-2/h3-5H,1-2H3,(H,11,12)(H,13,14,15,16). The predicted octanol–water partition coefficient (Wildman–Crippen LogP) is 1.54. The molecule has 0 aliphatic rings. The number of pyridine rings is 1. The average Bonchev–Trinajstić information content (AvgIpc) is 2.74. The van der Waals surface area contributed by atoms with Crippen molar-refractivity contribution in [1.29, 1.82) is 0 Å². The third-order valence-corrected chi connectivity index (χ3v) is 2.76. The molecule has 88 valence electrons. The van der Waals surface area contributed by atoms with Gasteiger partial charge in [0.2, 0.25) is 5.13 Å². The topological polar surface area (TPSA) is 79.8 Å². The lowest BCUT2D eigenvalue weighted by Crippen LogP contribution is -2.14. The molecule has 0 fully saturated rings. The number of nitrogens with zero attached hydrogens (tertiary/aromatic N) is 3. The number of aryl methyl sites for hydroxylation is 1. The Balaban J connectivity index is 2.20. The fourth-order valence-electron chi connectivity index (χ4n) is 1.30. The highest BCUT2D eigenvalue weighted by molar-refractivity contribution is 7.09. The first-order valence-electron chi connectivity index (χ1n) is 4.95. The van der Waals surface area contributed by atoms with Crippen molar-refractivity contribution in [3.05, 3.63) is 29.7 Å². The van der Waals surface area contributed by atoms with Crippen LogP contribution in [0.4, 0.5) is 10.9 Å². The SMILES string of the molecule is CNc1ncccc1C(=O)Nc1nc(C)ns1. The molecule has 2 rings (SSSR count). The number of hydrogen-bond acceptors (Lipinski definition) is 6. The number of hydrogen-bond donors (Lipinski definition) is 2. The summed E-state index contributed by atoms with van der Waals surface area (Å²) in [7, 11) is 1.72. The van der Waals surface area contributed by atoms with Crippen molar-refractivity contribution in [2.45, 2.75) is 6.92 Å². The van der Waals surface area contributed by atoms with Crippen molar-refractivity contribution in [3.8, 4) is 0 Å². The molecule has 0 unspecified atom stereocenters. The molecule has 0 radical (unpaired) electrons. The van der Waals surface area contributed by atoms with Crippen molar-refractivity contribution in [2.75, 3.05) is 17.7 Å². The lowest BCUT2D eigenvalue weighted by molar-refractivity contribution is 0.102. The molecule has 2 aromatic rings. The van der Waals surface area contributed by atoms with Gasteiger partial charge < -0.3 is 5.32 Å². The Kier molecular flexibility index (Phi) is 3.29. The van der Waals surface area contributed by atoms with Gasteiger partial charge >= 0.3 is 0 Å². The molecule has 0 atom stereocenters. The summed E-state index contributed by atoms with van der Waals surface area (Å²) in [5.74, 6) is 0.926. The lowest BCUT2D eigenvalue weighted by Gasteiger charge is -2.06. The average molecular weight is 249 g/mol. The van der Waals surface area contributed by atoms with E-state index in [-0.39, 0.29) is 5.91 Å². The van der Waals surface area contributed by atoms with Gasteiger partial charge in [-0.05, 0) is 19.1 Å². The van der Waals surface area contributed by atoms with E-state index in [1.807, 2.05) is 0 Å². The van der Waals surface area contributed by atoms with E-state index in [1.165, 1.54) is 0 Å². The molecule has 2 aromatic heterocycles. The van der Waals surface area contributed by atoms with Gasteiger partial charge in [-0.1, -0.05) is 0 Å². The molecule has 17 heavy (non-hydrogen) atoms. The second-order valence-corrected chi connectivity index (χ2v) is 4.00. The molecular formula is C10H11N5OS. The molecule has 0 spiro atoms. The van der Waals surface area contributed by atoms with Gasteiger partial charge in [0.05, 0.1) is 5.56 Å². The fourth-order valence-corrected chi connectivity index (χ4v) is 1.87. The van der Waals surface area contributed by atoms with E-state index in [9.17, 15) is 4.79 Å². The number of carbonyl (C=O) groups is 1. The third-order valence-electron chi connectivity index (χ3n) is 2.04. The summed E-state index contributed by atoms with van der Waals surface area (Å²) in [6.45, 7) is 1.77. The zero-order chi connectivity index (χ0) is 12.3.